The molecule has 0 aliphatic heterocycles. The van der Waals surface area contributed by atoms with Crippen molar-refractivity contribution >= 4 is 27.9 Å². The minimum Gasteiger partial charge on any atom is -0.481 e. The average Bonchev–Trinajstić information content (AvgIpc) is 2.16. The second-order valence-electron chi connectivity index (χ2n) is 3.21. The number of hydrogen-bond donors (Lipinski definition) is 3. The molecule has 0 bridgehead atoms. The van der Waals surface area contributed by atoms with Gasteiger partial charge in [0.2, 0.25) is 0 Å². The van der Waals surface area contributed by atoms with Crippen molar-refractivity contribution in [1.29, 1.82) is 0 Å². The van der Waals surface area contributed by atoms with Crippen molar-refractivity contribution in [1.82, 2.24) is 5.32 Å². The summed E-state index contributed by atoms with van der Waals surface area (Å²) in [7, 11) is 0. The van der Waals surface area contributed by atoms with Crippen LogP contribution in [0, 0.1) is 0 Å². The molecular weight excluding hydrogens is 276 g/mol. The molecule has 0 heterocycles. The molecule has 1 atom stereocenters. The van der Waals surface area contributed by atoms with Crippen molar-refractivity contribution in [3.05, 3.63) is 34.3 Å². The third-order valence-electron chi connectivity index (χ3n) is 1.97. The Labute approximate surface area is 101 Å². The number of nitrogens with two attached hydrogens (primary N) is 1. The number of rotatable bonds is 4. The normalized spacial score (nSPS) is 11.8. The number of carboxylic acid groups (broad SMARTS) is 1. The number of nitrogens with one attached hydrogen (secondary N) is 1. The second-order valence-corrected chi connectivity index (χ2v) is 4.13. The molecule has 1 aromatic rings. The van der Waals surface area contributed by atoms with Crippen LogP contribution >= 0.6 is 15.9 Å². The Morgan fingerprint density at radius 3 is 2.38 bits per heavy atom. The van der Waals surface area contributed by atoms with Gasteiger partial charge in [-0.15, -0.1) is 0 Å². The number of carboxylic acids is 1. The van der Waals surface area contributed by atoms with Gasteiger partial charge < -0.3 is 16.2 Å². The summed E-state index contributed by atoms with van der Waals surface area (Å²) in [6.45, 7) is 0. The summed E-state index contributed by atoms with van der Waals surface area (Å²) in [6.07, 6.45) is -0.204. The van der Waals surface area contributed by atoms with E-state index in [1.54, 1.807) is 24.3 Å². The molecule has 0 spiro atoms. The van der Waals surface area contributed by atoms with Crippen molar-refractivity contribution in [3.63, 3.8) is 0 Å². The van der Waals surface area contributed by atoms with Crippen LogP contribution in [-0.4, -0.2) is 17.1 Å². The summed E-state index contributed by atoms with van der Waals surface area (Å²) >= 11 is 3.27. The topological polar surface area (TPSA) is 92.4 Å². The highest BCUT2D eigenvalue weighted by Gasteiger charge is 2.16. The lowest BCUT2D eigenvalue weighted by Crippen LogP contribution is -2.34. The van der Waals surface area contributed by atoms with Crippen molar-refractivity contribution in [2.75, 3.05) is 0 Å². The number of halogens is 1. The number of amides is 2. The summed E-state index contributed by atoms with van der Waals surface area (Å²) < 4.78 is 0.879. The van der Waals surface area contributed by atoms with Crippen LogP contribution in [0.1, 0.15) is 18.0 Å². The molecule has 0 aliphatic rings. The van der Waals surface area contributed by atoms with E-state index in [2.05, 4.69) is 21.2 Å². The average molecular weight is 287 g/mol. The van der Waals surface area contributed by atoms with Gasteiger partial charge in [0.25, 0.3) is 0 Å². The zero-order valence-corrected chi connectivity index (χ0v) is 9.90. The van der Waals surface area contributed by atoms with E-state index in [0.29, 0.717) is 5.56 Å². The number of benzene rings is 1. The summed E-state index contributed by atoms with van der Waals surface area (Å²) in [5, 5.41) is 11.1. The standard InChI is InChI=1S/C10H11BrN2O3/c11-7-3-1-6(2-4-7)8(5-9(14)15)13-10(12)16/h1-4,8H,5H2,(H,14,15)(H3,12,13,16). The molecule has 0 saturated carbocycles. The lowest BCUT2D eigenvalue weighted by molar-refractivity contribution is -0.137. The molecule has 0 aliphatic carbocycles. The maximum atomic E-state index is 10.7. The van der Waals surface area contributed by atoms with E-state index in [0.717, 1.165) is 4.47 Å². The minimum atomic E-state index is -0.998. The minimum absolute atomic E-state index is 0.204. The summed E-state index contributed by atoms with van der Waals surface area (Å²) in [5.74, 6) is -0.998. The Morgan fingerprint density at radius 2 is 1.94 bits per heavy atom. The zero-order valence-electron chi connectivity index (χ0n) is 8.31. The molecule has 6 heteroatoms. The molecule has 1 aromatic carbocycles. The largest absolute Gasteiger partial charge is 0.481 e. The van der Waals surface area contributed by atoms with Gasteiger partial charge in [0, 0.05) is 4.47 Å². The van der Waals surface area contributed by atoms with Crippen LogP contribution in [-0.2, 0) is 4.79 Å². The lowest BCUT2D eigenvalue weighted by Gasteiger charge is -2.15. The Balaban J connectivity index is 2.86. The van der Waals surface area contributed by atoms with Gasteiger partial charge in [-0.3, -0.25) is 4.79 Å². The SMILES string of the molecule is NC(=O)NC(CC(=O)O)c1ccc(Br)cc1. The third-order valence-corrected chi connectivity index (χ3v) is 2.50. The molecular formula is C10H11BrN2O3. The number of urea groups is 1. The first-order chi connectivity index (χ1) is 7.49. The van der Waals surface area contributed by atoms with Gasteiger partial charge in [0.1, 0.15) is 0 Å². The molecule has 5 nitrogen and oxygen atoms in total. The van der Waals surface area contributed by atoms with E-state index in [1.807, 2.05) is 0 Å². The first kappa shape index (κ1) is 12.5. The van der Waals surface area contributed by atoms with Crippen LogP contribution in [0.5, 0.6) is 0 Å². The van der Waals surface area contributed by atoms with Crippen molar-refractivity contribution in [2.24, 2.45) is 5.73 Å². The zero-order chi connectivity index (χ0) is 12.1. The van der Waals surface area contributed by atoms with Crippen LogP contribution in [0.25, 0.3) is 0 Å². The van der Waals surface area contributed by atoms with Crippen LogP contribution in [0.4, 0.5) is 4.79 Å². The fraction of sp³-hybridized carbons (Fsp3) is 0.200. The Kier molecular flexibility index (Phi) is 4.30. The van der Waals surface area contributed by atoms with Gasteiger partial charge in [-0.1, -0.05) is 28.1 Å². The maximum Gasteiger partial charge on any atom is 0.312 e. The van der Waals surface area contributed by atoms with Crippen molar-refractivity contribution < 1.29 is 14.7 Å². The number of carbonyl (C=O) groups excluding carboxylic acids is 1. The van der Waals surface area contributed by atoms with E-state index in [4.69, 9.17) is 10.8 Å². The van der Waals surface area contributed by atoms with Gasteiger partial charge >= 0.3 is 12.0 Å². The van der Waals surface area contributed by atoms with Crippen LogP contribution in [0.2, 0.25) is 0 Å². The van der Waals surface area contributed by atoms with Gasteiger partial charge in [0.15, 0.2) is 0 Å². The van der Waals surface area contributed by atoms with Crippen LogP contribution < -0.4 is 11.1 Å². The molecule has 16 heavy (non-hydrogen) atoms. The predicted molar refractivity (Wildman–Crippen MR) is 61.9 cm³/mol. The van der Waals surface area contributed by atoms with Crippen molar-refractivity contribution in [2.45, 2.75) is 12.5 Å². The molecule has 86 valence electrons. The summed E-state index contributed by atoms with van der Waals surface area (Å²) in [5.41, 5.74) is 5.68. The van der Waals surface area contributed by atoms with Crippen LogP contribution in [0.3, 0.4) is 0 Å². The molecule has 4 N–H and O–H groups in total. The molecule has 1 rings (SSSR count). The first-order valence-corrected chi connectivity index (χ1v) is 5.31. The maximum absolute atomic E-state index is 10.7. The second kappa shape index (κ2) is 5.50. The lowest BCUT2D eigenvalue weighted by atomic mass is 10.0. The Bertz CT molecular complexity index is 376. The van der Waals surface area contributed by atoms with Crippen LogP contribution in [0.15, 0.2) is 28.7 Å². The van der Waals surface area contributed by atoms with Gasteiger partial charge in [0.05, 0.1) is 12.5 Å². The van der Waals surface area contributed by atoms with E-state index in [-0.39, 0.29) is 6.42 Å². The van der Waals surface area contributed by atoms with E-state index in [1.165, 1.54) is 0 Å². The smallest absolute Gasteiger partial charge is 0.312 e. The monoisotopic (exact) mass is 286 g/mol. The fourth-order valence-electron chi connectivity index (χ4n) is 1.29. The Morgan fingerprint density at radius 1 is 1.38 bits per heavy atom. The van der Waals surface area contributed by atoms with Gasteiger partial charge in [-0.25, -0.2) is 4.79 Å². The highest BCUT2D eigenvalue weighted by atomic mass is 79.9. The first-order valence-electron chi connectivity index (χ1n) is 4.52. The molecule has 0 aromatic heterocycles. The molecule has 1 unspecified atom stereocenters. The summed E-state index contributed by atoms with van der Waals surface area (Å²) in [6, 6.07) is 5.65. The summed E-state index contributed by atoms with van der Waals surface area (Å²) in [4.78, 5) is 21.4. The molecule has 0 fully saturated rings. The predicted octanol–water partition coefficient (Wildman–Crippen LogP) is 1.63. The Hall–Kier alpha value is -1.56. The third kappa shape index (κ3) is 3.90. The number of primary amides is 1. The van der Waals surface area contributed by atoms with Gasteiger partial charge in [-0.05, 0) is 17.7 Å². The molecule has 0 saturated heterocycles. The van der Waals surface area contributed by atoms with E-state index in [9.17, 15) is 9.59 Å². The fourth-order valence-corrected chi connectivity index (χ4v) is 1.56. The van der Waals surface area contributed by atoms with E-state index < -0.39 is 18.0 Å². The number of hydrogen-bond acceptors (Lipinski definition) is 2. The quantitative estimate of drug-likeness (QED) is 0.785. The highest BCUT2D eigenvalue weighted by Crippen LogP contribution is 2.19. The molecule has 0 radical (unpaired) electrons. The number of aliphatic carboxylic acids is 1. The number of carbonyl (C=O) groups is 2. The highest BCUT2D eigenvalue weighted by molar-refractivity contribution is 9.10. The van der Waals surface area contributed by atoms with E-state index >= 15 is 0 Å². The van der Waals surface area contributed by atoms with Crippen molar-refractivity contribution in [3.8, 4) is 0 Å². The molecule has 2 amide bonds. The van der Waals surface area contributed by atoms with Gasteiger partial charge in [-0.2, -0.15) is 0 Å².